The maximum absolute atomic E-state index is 13.6. The third-order valence-corrected chi connectivity index (χ3v) is 4.50. The molecule has 3 aromatic rings. The summed E-state index contributed by atoms with van der Waals surface area (Å²) in [4.78, 5) is 16.8. The summed E-state index contributed by atoms with van der Waals surface area (Å²) < 4.78 is 33.4. The Morgan fingerprint density at radius 2 is 2.04 bits per heavy atom. The minimum atomic E-state index is -0.954. The molecule has 138 valence electrons. The molecule has 0 spiro atoms. The number of halogens is 2. The molecule has 4 rings (SSSR count). The number of hydrogen-bond acceptors (Lipinski definition) is 4. The highest BCUT2D eigenvalue weighted by atomic mass is 19.2. The summed E-state index contributed by atoms with van der Waals surface area (Å²) in [5.74, 6) is -1.81. The summed E-state index contributed by atoms with van der Waals surface area (Å²) in [6.07, 6.45) is 3.80. The minimum absolute atomic E-state index is 0.281. The number of ether oxygens (including phenoxy) is 1. The first-order valence-corrected chi connectivity index (χ1v) is 8.44. The fraction of sp³-hybridized carbons (Fsp3) is 0.211. The van der Waals surface area contributed by atoms with Gasteiger partial charge in [0, 0.05) is 23.4 Å². The van der Waals surface area contributed by atoms with Crippen molar-refractivity contribution < 1.29 is 18.3 Å². The number of carbonyl (C=O) groups excluding carboxylic acids is 1. The summed E-state index contributed by atoms with van der Waals surface area (Å²) >= 11 is 0. The number of anilines is 1. The molecular formula is C19H16F2N4O2. The van der Waals surface area contributed by atoms with Gasteiger partial charge in [0.25, 0.3) is 5.91 Å². The SMILES string of the molecule is COc1ccc(NC(=O)c2nn(-c3ccc(F)c(F)c3)c3c2CCC3)cn1. The van der Waals surface area contributed by atoms with Gasteiger partial charge in [-0.3, -0.25) is 4.79 Å². The van der Waals surface area contributed by atoms with Gasteiger partial charge in [0.05, 0.1) is 24.7 Å². The highest BCUT2D eigenvalue weighted by Crippen LogP contribution is 2.29. The number of fused-ring (bicyclic) bond motifs is 1. The van der Waals surface area contributed by atoms with Gasteiger partial charge in [-0.15, -0.1) is 0 Å². The Kier molecular flexibility index (Phi) is 4.31. The number of nitrogens with one attached hydrogen (secondary N) is 1. The molecule has 8 heteroatoms. The van der Waals surface area contributed by atoms with Crippen LogP contribution < -0.4 is 10.1 Å². The normalized spacial score (nSPS) is 12.7. The molecule has 0 atom stereocenters. The lowest BCUT2D eigenvalue weighted by atomic mass is 10.2. The van der Waals surface area contributed by atoms with Gasteiger partial charge in [-0.2, -0.15) is 5.10 Å². The average Bonchev–Trinajstić information content (AvgIpc) is 3.27. The molecular weight excluding hydrogens is 354 g/mol. The van der Waals surface area contributed by atoms with Gasteiger partial charge in [-0.05, 0) is 37.5 Å². The average molecular weight is 370 g/mol. The van der Waals surface area contributed by atoms with E-state index < -0.39 is 11.6 Å². The van der Waals surface area contributed by atoms with Gasteiger partial charge in [-0.25, -0.2) is 18.4 Å². The van der Waals surface area contributed by atoms with Crippen molar-refractivity contribution in [1.29, 1.82) is 0 Å². The van der Waals surface area contributed by atoms with Crippen LogP contribution in [0.4, 0.5) is 14.5 Å². The van der Waals surface area contributed by atoms with Crippen molar-refractivity contribution in [1.82, 2.24) is 14.8 Å². The molecule has 2 heterocycles. The molecule has 0 saturated carbocycles. The zero-order valence-corrected chi connectivity index (χ0v) is 14.5. The molecule has 1 aliphatic rings. The standard InChI is InChI=1S/C19H16F2N4O2/c1-27-17-8-5-11(10-22-17)23-19(26)18-13-3-2-4-16(13)25(24-18)12-6-7-14(20)15(21)9-12/h5-10H,2-4H2,1H3,(H,23,26). The van der Waals surface area contributed by atoms with Crippen molar-refractivity contribution in [3.05, 3.63) is 65.1 Å². The summed E-state index contributed by atoms with van der Waals surface area (Å²) in [5, 5.41) is 7.13. The monoisotopic (exact) mass is 370 g/mol. The van der Waals surface area contributed by atoms with Crippen LogP contribution in [0.3, 0.4) is 0 Å². The predicted molar refractivity (Wildman–Crippen MR) is 94.2 cm³/mol. The van der Waals surface area contributed by atoms with Gasteiger partial charge in [-0.1, -0.05) is 0 Å². The molecule has 2 aromatic heterocycles. The van der Waals surface area contributed by atoms with E-state index in [4.69, 9.17) is 4.74 Å². The number of hydrogen-bond donors (Lipinski definition) is 1. The van der Waals surface area contributed by atoms with Gasteiger partial charge in [0.2, 0.25) is 5.88 Å². The Hall–Kier alpha value is -3.29. The largest absolute Gasteiger partial charge is 0.481 e. The van der Waals surface area contributed by atoms with Gasteiger partial charge < -0.3 is 10.1 Å². The highest BCUT2D eigenvalue weighted by Gasteiger charge is 2.27. The zero-order valence-electron chi connectivity index (χ0n) is 14.5. The van der Waals surface area contributed by atoms with E-state index in [1.54, 1.807) is 12.1 Å². The molecule has 0 aliphatic heterocycles. The lowest BCUT2D eigenvalue weighted by Gasteiger charge is -2.06. The van der Waals surface area contributed by atoms with Crippen LogP contribution in [0.15, 0.2) is 36.5 Å². The number of amides is 1. The molecule has 6 nitrogen and oxygen atoms in total. The van der Waals surface area contributed by atoms with Gasteiger partial charge in [0.15, 0.2) is 17.3 Å². The second-order valence-electron chi connectivity index (χ2n) is 6.18. The molecule has 1 aliphatic carbocycles. The molecule has 1 amide bonds. The summed E-state index contributed by atoms with van der Waals surface area (Å²) in [7, 11) is 1.51. The van der Waals surface area contributed by atoms with E-state index in [9.17, 15) is 13.6 Å². The second kappa shape index (κ2) is 6.79. The molecule has 1 N–H and O–H groups in total. The Bertz CT molecular complexity index is 1020. The Labute approximate surface area is 153 Å². The topological polar surface area (TPSA) is 69.0 Å². The van der Waals surface area contributed by atoms with E-state index in [-0.39, 0.29) is 11.6 Å². The van der Waals surface area contributed by atoms with E-state index >= 15 is 0 Å². The molecule has 1 aromatic carbocycles. The van der Waals surface area contributed by atoms with Crippen LogP contribution in [-0.4, -0.2) is 27.8 Å². The Morgan fingerprint density at radius 1 is 1.19 bits per heavy atom. The molecule has 27 heavy (non-hydrogen) atoms. The fourth-order valence-corrected chi connectivity index (χ4v) is 3.22. The van der Waals surface area contributed by atoms with E-state index in [0.29, 0.717) is 23.7 Å². The molecule has 0 radical (unpaired) electrons. The van der Waals surface area contributed by atoms with Crippen LogP contribution in [-0.2, 0) is 12.8 Å². The summed E-state index contributed by atoms with van der Waals surface area (Å²) in [6.45, 7) is 0. The Morgan fingerprint density at radius 3 is 2.74 bits per heavy atom. The number of carbonyl (C=O) groups is 1. The first kappa shape index (κ1) is 17.1. The third-order valence-electron chi connectivity index (χ3n) is 4.50. The quantitative estimate of drug-likeness (QED) is 0.765. The first-order chi connectivity index (χ1) is 13.1. The van der Waals surface area contributed by atoms with Crippen molar-refractivity contribution in [2.75, 3.05) is 12.4 Å². The van der Waals surface area contributed by atoms with Crippen molar-refractivity contribution in [2.45, 2.75) is 19.3 Å². The Balaban J connectivity index is 1.67. The number of aromatic nitrogens is 3. The van der Waals surface area contributed by atoms with Crippen molar-refractivity contribution >= 4 is 11.6 Å². The van der Waals surface area contributed by atoms with Gasteiger partial charge >= 0.3 is 0 Å². The van der Waals surface area contributed by atoms with Gasteiger partial charge in [0.1, 0.15) is 0 Å². The predicted octanol–water partition coefficient (Wildman–Crippen LogP) is 3.30. The molecule has 0 unspecified atom stereocenters. The van der Waals surface area contributed by atoms with Crippen molar-refractivity contribution in [3.8, 4) is 11.6 Å². The molecule has 0 fully saturated rings. The zero-order chi connectivity index (χ0) is 19.0. The van der Waals surface area contributed by atoms with Crippen LogP contribution >= 0.6 is 0 Å². The van der Waals surface area contributed by atoms with E-state index in [1.165, 1.54) is 24.1 Å². The summed E-state index contributed by atoms with van der Waals surface area (Å²) in [5.41, 5.74) is 2.85. The van der Waals surface area contributed by atoms with Crippen molar-refractivity contribution in [2.24, 2.45) is 0 Å². The maximum Gasteiger partial charge on any atom is 0.276 e. The van der Waals surface area contributed by atoms with E-state index in [2.05, 4.69) is 15.4 Å². The van der Waals surface area contributed by atoms with Crippen LogP contribution in [0.1, 0.15) is 28.2 Å². The van der Waals surface area contributed by atoms with Crippen LogP contribution in [0, 0.1) is 11.6 Å². The highest BCUT2D eigenvalue weighted by molar-refractivity contribution is 6.04. The number of pyridine rings is 1. The molecule has 0 saturated heterocycles. The van der Waals surface area contributed by atoms with Crippen LogP contribution in [0.2, 0.25) is 0 Å². The number of methoxy groups -OCH3 is 1. The first-order valence-electron chi connectivity index (χ1n) is 8.44. The van der Waals surface area contributed by atoms with E-state index in [1.807, 2.05) is 0 Å². The number of benzene rings is 1. The minimum Gasteiger partial charge on any atom is -0.481 e. The van der Waals surface area contributed by atoms with Crippen LogP contribution in [0.5, 0.6) is 5.88 Å². The molecule has 0 bridgehead atoms. The number of nitrogens with zero attached hydrogens (tertiary/aromatic N) is 3. The number of rotatable bonds is 4. The van der Waals surface area contributed by atoms with Crippen molar-refractivity contribution in [3.63, 3.8) is 0 Å². The van der Waals surface area contributed by atoms with E-state index in [0.717, 1.165) is 36.2 Å². The summed E-state index contributed by atoms with van der Waals surface area (Å²) in [6, 6.07) is 6.89. The lowest BCUT2D eigenvalue weighted by Crippen LogP contribution is -2.15. The lowest BCUT2D eigenvalue weighted by molar-refractivity contribution is 0.102. The third kappa shape index (κ3) is 3.14. The fourth-order valence-electron chi connectivity index (χ4n) is 3.22. The second-order valence-corrected chi connectivity index (χ2v) is 6.18. The smallest absolute Gasteiger partial charge is 0.276 e. The maximum atomic E-state index is 13.6. The van der Waals surface area contributed by atoms with Crippen LogP contribution in [0.25, 0.3) is 5.69 Å².